The lowest BCUT2D eigenvalue weighted by Crippen LogP contribution is -2.30. The minimum Gasteiger partial charge on any atom is -0.497 e. The van der Waals surface area contributed by atoms with Crippen molar-refractivity contribution in [3.8, 4) is 11.5 Å². The number of amides is 1. The Kier molecular flexibility index (Phi) is 6.23. The highest BCUT2D eigenvalue weighted by Crippen LogP contribution is 2.30. The Hall–Kier alpha value is -3.65. The predicted octanol–water partition coefficient (Wildman–Crippen LogP) is 3.04. The van der Waals surface area contributed by atoms with Crippen molar-refractivity contribution in [3.05, 3.63) is 59.3 Å². The van der Waals surface area contributed by atoms with E-state index in [4.69, 9.17) is 19.2 Å². The quantitative estimate of drug-likeness (QED) is 0.595. The van der Waals surface area contributed by atoms with Gasteiger partial charge in [-0.1, -0.05) is 18.2 Å². The second-order valence-electron chi connectivity index (χ2n) is 7.61. The van der Waals surface area contributed by atoms with Gasteiger partial charge in [-0.15, -0.1) is 0 Å². The van der Waals surface area contributed by atoms with Crippen LogP contribution in [0, 0.1) is 0 Å². The Morgan fingerprint density at radius 1 is 1.12 bits per heavy atom. The molecule has 3 aromatic rings. The Labute approximate surface area is 186 Å². The molecule has 1 aromatic heterocycles. The molecule has 0 spiro atoms. The van der Waals surface area contributed by atoms with E-state index in [1.54, 1.807) is 25.3 Å². The molecule has 1 N–H and O–H groups in total. The van der Waals surface area contributed by atoms with Crippen LogP contribution in [0.25, 0.3) is 10.9 Å². The van der Waals surface area contributed by atoms with E-state index in [2.05, 4.69) is 10.2 Å². The summed E-state index contributed by atoms with van der Waals surface area (Å²) < 4.78 is 15.9. The summed E-state index contributed by atoms with van der Waals surface area (Å²) in [6, 6.07) is 12.5. The molecule has 8 nitrogen and oxygen atoms in total. The summed E-state index contributed by atoms with van der Waals surface area (Å²) in [5, 5.41) is 3.43. The molecule has 0 saturated carbocycles. The number of fused-ring (bicyclic) bond motifs is 2. The van der Waals surface area contributed by atoms with Gasteiger partial charge in [0.05, 0.1) is 31.0 Å². The monoisotopic (exact) mass is 435 g/mol. The Balaban J connectivity index is 1.54. The van der Waals surface area contributed by atoms with Gasteiger partial charge in [0.2, 0.25) is 0 Å². The molecule has 1 aliphatic rings. The topological polar surface area (TPSA) is 90.0 Å². The van der Waals surface area contributed by atoms with E-state index < -0.39 is 18.5 Å². The predicted molar refractivity (Wildman–Crippen MR) is 120 cm³/mol. The molecule has 1 aliphatic heterocycles. The fourth-order valence-corrected chi connectivity index (χ4v) is 3.85. The zero-order chi connectivity index (χ0) is 22.7. The van der Waals surface area contributed by atoms with Gasteiger partial charge in [0, 0.05) is 42.2 Å². The zero-order valence-corrected chi connectivity index (χ0v) is 18.3. The molecule has 2 heterocycles. The van der Waals surface area contributed by atoms with Crippen LogP contribution in [0.1, 0.15) is 21.6 Å². The second-order valence-corrected chi connectivity index (χ2v) is 7.61. The van der Waals surface area contributed by atoms with Crippen LogP contribution in [0.4, 0.5) is 5.69 Å². The maximum atomic E-state index is 13.1. The number of aromatic nitrogens is 1. The molecule has 0 fully saturated rings. The average molecular weight is 435 g/mol. The number of esters is 1. The van der Waals surface area contributed by atoms with Gasteiger partial charge in [0.15, 0.2) is 6.61 Å². The van der Waals surface area contributed by atoms with Crippen LogP contribution in [0.3, 0.4) is 0 Å². The van der Waals surface area contributed by atoms with E-state index in [0.717, 1.165) is 35.1 Å². The SMILES string of the molecule is COc1ccc(NC(=O)COC(=O)c2c3c(nc4ccccc24)CCN(C)C3)c(OC)c1. The smallest absolute Gasteiger partial charge is 0.339 e. The molecule has 0 bridgehead atoms. The maximum Gasteiger partial charge on any atom is 0.339 e. The first-order valence-electron chi connectivity index (χ1n) is 10.3. The number of anilines is 1. The minimum atomic E-state index is -0.535. The third-order valence-corrected chi connectivity index (χ3v) is 5.46. The molecule has 0 unspecified atom stereocenters. The Morgan fingerprint density at radius 3 is 2.72 bits per heavy atom. The Bertz CT molecular complexity index is 1180. The summed E-state index contributed by atoms with van der Waals surface area (Å²) >= 11 is 0. The number of para-hydroxylation sites is 1. The molecule has 0 saturated heterocycles. The molecule has 0 aliphatic carbocycles. The average Bonchev–Trinajstić information content (AvgIpc) is 2.81. The molecule has 4 rings (SSSR count). The summed E-state index contributed by atoms with van der Waals surface area (Å²) in [7, 11) is 5.05. The van der Waals surface area contributed by atoms with Crippen LogP contribution in [0.5, 0.6) is 11.5 Å². The fourth-order valence-electron chi connectivity index (χ4n) is 3.85. The van der Waals surface area contributed by atoms with Crippen molar-refractivity contribution in [2.75, 3.05) is 39.7 Å². The molecule has 8 heteroatoms. The van der Waals surface area contributed by atoms with E-state index in [0.29, 0.717) is 29.3 Å². The maximum absolute atomic E-state index is 13.1. The molecule has 0 atom stereocenters. The molecule has 32 heavy (non-hydrogen) atoms. The number of hydrogen-bond donors (Lipinski definition) is 1. The summed E-state index contributed by atoms with van der Waals surface area (Å²) in [5.74, 6) is 0.0463. The summed E-state index contributed by atoms with van der Waals surface area (Å²) in [6.07, 6.45) is 0.759. The number of ether oxygens (including phenoxy) is 3. The standard InChI is InChI=1S/C24H25N3O5/c1-27-11-10-19-17(13-27)23(16-6-4-5-7-18(16)25-19)24(29)32-14-22(28)26-20-9-8-15(30-2)12-21(20)31-3/h4-9,12H,10-11,13-14H2,1-3H3,(H,26,28). The van der Waals surface area contributed by atoms with Gasteiger partial charge in [-0.3, -0.25) is 9.78 Å². The second kappa shape index (κ2) is 9.23. The number of likely N-dealkylation sites (N-methyl/N-ethyl adjacent to an activating group) is 1. The number of rotatable bonds is 6. The number of pyridine rings is 1. The lowest BCUT2D eigenvalue weighted by molar-refractivity contribution is -0.119. The van der Waals surface area contributed by atoms with Gasteiger partial charge in [0.1, 0.15) is 11.5 Å². The highest BCUT2D eigenvalue weighted by atomic mass is 16.5. The lowest BCUT2D eigenvalue weighted by atomic mass is 9.96. The molecule has 0 radical (unpaired) electrons. The van der Waals surface area contributed by atoms with E-state index in [9.17, 15) is 9.59 Å². The van der Waals surface area contributed by atoms with Crippen LogP contribution < -0.4 is 14.8 Å². The van der Waals surface area contributed by atoms with Crippen molar-refractivity contribution >= 4 is 28.5 Å². The van der Waals surface area contributed by atoms with Crippen LogP contribution in [0.2, 0.25) is 0 Å². The molecule has 166 valence electrons. The van der Waals surface area contributed by atoms with Crippen LogP contribution in [-0.4, -0.2) is 56.2 Å². The zero-order valence-electron chi connectivity index (χ0n) is 18.3. The number of nitrogens with zero attached hydrogens (tertiary/aromatic N) is 2. The van der Waals surface area contributed by atoms with E-state index >= 15 is 0 Å². The summed E-state index contributed by atoms with van der Waals surface area (Å²) in [5.41, 5.74) is 3.45. The number of carbonyl (C=O) groups excluding carboxylic acids is 2. The van der Waals surface area contributed by atoms with E-state index in [1.165, 1.54) is 7.11 Å². The van der Waals surface area contributed by atoms with Gasteiger partial charge < -0.3 is 24.4 Å². The molecular weight excluding hydrogens is 410 g/mol. The summed E-state index contributed by atoms with van der Waals surface area (Å²) in [4.78, 5) is 32.5. The van der Waals surface area contributed by atoms with Gasteiger partial charge in [-0.25, -0.2) is 4.79 Å². The number of methoxy groups -OCH3 is 2. The molecule has 2 aromatic carbocycles. The van der Waals surface area contributed by atoms with Gasteiger partial charge >= 0.3 is 5.97 Å². The van der Waals surface area contributed by atoms with Crippen molar-refractivity contribution in [3.63, 3.8) is 0 Å². The number of carbonyl (C=O) groups is 2. The van der Waals surface area contributed by atoms with Gasteiger partial charge in [-0.2, -0.15) is 0 Å². The van der Waals surface area contributed by atoms with Crippen LogP contribution in [-0.2, 0) is 22.5 Å². The summed E-state index contributed by atoms with van der Waals surface area (Å²) in [6.45, 7) is 1.06. The number of benzene rings is 2. The van der Waals surface area contributed by atoms with Crippen molar-refractivity contribution in [1.82, 2.24) is 9.88 Å². The first kappa shape index (κ1) is 21.6. The largest absolute Gasteiger partial charge is 0.497 e. The third-order valence-electron chi connectivity index (χ3n) is 5.46. The van der Waals surface area contributed by atoms with Crippen molar-refractivity contribution in [2.24, 2.45) is 0 Å². The number of hydrogen-bond acceptors (Lipinski definition) is 7. The normalized spacial score (nSPS) is 13.3. The van der Waals surface area contributed by atoms with Crippen molar-refractivity contribution in [2.45, 2.75) is 13.0 Å². The van der Waals surface area contributed by atoms with Gasteiger partial charge in [0.25, 0.3) is 5.91 Å². The van der Waals surface area contributed by atoms with Crippen LogP contribution in [0.15, 0.2) is 42.5 Å². The van der Waals surface area contributed by atoms with Crippen LogP contribution >= 0.6 is 0 Å². The molecule has 1 amide bonds. The van der Waals surface area contributed by atoms with E-state index in [1.807, 2.05) is 31.3 Å². The highest BCUT2D eigenvalue weighted by molar-refractivity contribution is 6.06. The lowest BCUT2D eigenvalue weighted by Gasteiger charge is -2.26. The molecular formula is C24H25N3O5. The first-order chi connectivity index (χ1) is 15.5. The van der Waals surface area contributed by atoms with E-state index in [-0.39, 0.29) is 0 Å². The van der Waals surface area contributed by atoms with Crippen molar-refractivity contribution < 1.29 is 23.8 Å². The minimum absolute atomic E-state index is 0.421. The highest BCUT2D eigenvalue weighted by Gasteiger charge is 2.26. The fraction of sp³-hybridized carbons (Fsp3) is 0.292. The van der Waals surface area contributed by atoms with Crippen molar-refractivity contribution in [1.29, 1.82) is 0 Å². The number of nitrogens with one attached hydrogen (secondary N) is 1. The Morgan fingerprint density at radius 2 is 1.94 bits per heavy atom. The first-order valence-corrected chi connectivity index (χ1v) is 10.3. The third kappa shape index (κ3) is 4.36. The van der Waals surface area contributed by atoms with Gasteiger partial charge in [-0.05, 0) is 25.2 Å².